The topological polar surface area (TPSA) is 84.3 Å². The molecule has 0 saturated carbocycles. The Bertz CT molecular complexity index is 530. The number of hydrogen-bond acceptors (Lipinski definition) is 4. The zero-order valence-corrected chi connectivity index (χ0v) is 11.7. The van der Waals surface area contributed by atoms with Crippen molar-refractivity contribution in [2.75, 3.05) is 11.9 Å². The lowest BCUT2D eigenvalue weighted by Crippen LogP contribution is -2.45. The van der Waals surface area contributed by atoms with E-state index in [1.807, 2.05) is 0 Å². The zero-order chi connectivity index (χ0) is 14.7. The Labute approximate surface area is 117 Å². The SMILES string of the molecule is Cc1ccc(NC(=O)C2CC(C)CCN2)cc1[N+](=O)[O-]. The minimum absolute atomic E-state index is 0.0211. The van der Waals surface area contributed by atoms with Crippen molar-refractivity contribution in [2.45, 2.75) is 32.7 Å². The number of nitrogens with one attached hydrogen (secondary N) is 2. The molecular formula is C14H19N3O3. The number of piperidine rings is 1. The number of rotatable bonds is 3. The molecule has 0 spiro atoms. The molecule has 1 amide bonds. The van der Waals surface area contributed by atoms with E-state index in [-0.39, 0.29) is 17.6 Å². The zero-order valence-electron chi connectivity index (χ0n) is 11.7. The van der Waals surface area contributed by atoms with Crippen LogP contribution in [0.15, 0.2) is 18.2 Å². The molecule has 1 heterocycles. The summed E-state index contributed by atoms with van der Waals surface area (Å²) in [6.45, 7) is 4.62. The van der Waals surface area contributed by atoms with Crippen molar-refractivity contribution in [1.82, 2.24) is 5.32 Å². The summed E-state index contributed by atoms with van der Waals surface area (Å²) in [5.74, 6) is 0.383. The number of benzene rings is 1. The first-order chi connectivity index (χ1) is 9.47. The van der Waals surface area contributed by atoms with Crippen molar-refractivity contribution >= 4 is 17.3 Å². The molecule has 2 rings (SSSR count). The summed E-state index contributed by atoms with van der Waals surface area (Å²) >= 11 is 0. The van der Waals surface area contributed by atoms with E-state index in [0.717, 1.165) is 19.4 Å². The van der Waals surface area contributed by atoms with Gasteiger partial charge in [0.2, 0.25) is 5.91 Å². The Kier molecular flexibility index (Phi) is 4.34. The van der Waals surface area contributed by atoms with Crippen molar-refractivity contribution in [1.29, 1.82) is 0 Å². The second-order valence-electron chi connectivity index (χ2n) is 5.38. The van der Waals surface area contributed by atoms with Crippen LogP contribution in [0.5, 0.6) is 0 Å². The Hall–Kier alpha value is -1.95. The number of aryl methyl sites for hydroxylation is 1. The number of nitrogens with zero attached hydrogens (tertiary/aromatic N) is 1. The van der Waals surface area contributed by atoms with Crippen molar-refractivity contribution in [3.05, 3.63) is 33.9 Å². The Morgan fingerprint density at radius 3 is 2.90 bits per heavy atom. The minimum Gasteiger partial charge on any atom is -0.324 e. The fourth-order valence-corrected chi connectivity index (χ4v) is 2.42. The lowest BCUT2D eigenvalue weighted by Gasteiger charge is -2.27. The molecule has 1 aromatic rings. The van der Waals surface area contributed by atoms with E-state index in [9.17, 15) is 14.9 Å². The van der Waals surface area contributed by atoms with Crippen molar-refractivity contribution in [3.8, 4) is 0 Å². The van der Waals surface area contributed by atoms with Crippen LogP contribution in [0.25, 0.3) is 0 Å². The normalized spacial score (nSPS) is 22.3. The van der Waals surface area contributed by atoms with Gasteiger partial charge in [-0.3, -0.25) is 14.9 Å². The van der Waals surface area contributed by atoms with Gasteiger partial charge < -0.3 is 10.6 Å². The number of nitro benzene ring substituents is 1. The number of carbonyl (C=O) groups is 1. The summed E-state index contributed by atoms with van der Waals surface area (Å²) in [6, 6.07) is 4.51. The highest BCUT2D eigenvalue weighted by atomic mass is 16.6. The molecule has 1 fully saturated rings. The maximum Gasteiger partial charge on any atom is 0.274 e. The third kappa shape index (κ3) is 3.33. The lowest BCUT2D eigenvalue weighted by molar-refractivity contribution is -0.385. The van der Waals surface area contributed by atoms with Gasteiger partial charge in [0.05, 0.1) is 11.0 Å². The molecular weight excluding hydrogens is 258 g/mol. The molecule has 0 radical (unpaired) electrons. The average molecular weight is 277 g/mol. The highest BCUT2D eigenvalue weighted by Gasteiger charge is 2.24. The predicted molar refractivity (Wildman–Crippen MR) is 76.7 cm³/mol. The second-order valence-corrected chi connectivity index (χ2v) is 5.38. The third-order valence-electron chi connectivity index (χ3n) is 3.66. The summed E-state index contributed by atoms with van der Waals surface area (Å²) in [4.78, 5) is 22.6. The van der Waals surface area contributed by atoms with Gasteiger partial charge in [0, 0.05) is 17.3 Å². The monoisotopic (exact) mass is 277 g/mol. The molecule has 2 unspecified atom stereocenters. The lowest BCUT2D eigenvalue weighted by atomic mass is 9.94. The maximum atomic E-state index is 12.1. The smallest absolute Gasteiger partial charge is 0.274 e. The molecule has 6 heteroatoms. The van der Waals surface area contributed by atoms with Gasteiger partial charge in [-0.25, -0.2) is 0 Å². The average Bonchev–Trinajstić information content (AvgIpc) is 2.40. The third-order valence-corrected chi connectivity index (χ3v) is 3.66. The van der Waals surface area contributed by atoms with Gasteiger partial charge in [-0.1, -0.05) is 13.0 Å². The van der Waals surface area contributed by atoms with Gasteiger partial charge in [0.15, 0.2) is 0 Å². The molecule has 0 aromatic heterocycles. The van der Waals surface area contributed by atoms with Gasteiger partial charge in [-0.15, -0.1) is 0 Å². The van der Waals surface area contributed by atoms with Crippen LogP contribution in [0, 0.1) is 23.0 Å². The number of amides is 1. The van der Waals surface area contributed by atoms with Gasteiger partial charge in [-0.05, 0) is 38.3 Å². The fourth-order valence-electron chi connectivity index (χ4n) is 2.42. The Morgan fingerprint density at radius 2 is 2.25 bits per heavy atom. The molecule has 1 saturated heterocycles. The van der Waals surface area contributed by atoms with Gasteiger partial charge >= 0.3 is 0 Å². The van der Waals surface area contributed by atoms with Crippen LogP contribution in [0.2, 0.25) is 0 Å². The summed E-state index contributed by atoms with van der Waals surface area (Å²) in [5.41, 5.74) is 1.07. The number of nitro groups is 1. The van der Waals surface area contributed by atoms with Crippen LogP contribution < -0.4 is 10.6 Å². The fraction of sp³-hybridized carbons (Fsp3) is 0.500. The van der Waals surface area contributed by atoms with Crippen LogP contribution in [0.1, 0.15) is 25.3 Å². The molecule has 0 aliphatic carbocycles. The molecule has 6 nitrogen and oxygen atoms in total. The second kappa shape index (κ2) is 6.00. The Morgan fingerprint density at radius 1 is 1.50 bits per heavy atom. The highest BCUT2D eigenvalue weighted by Crippen LogP contribution is 2.23. The Balaban J connectivity index is 2.07. The van der Waals surface area contributed by atoms with Crippen molar-refractivity contribution in [3.63, 3.8) is 0 Å². The first-order valence-electron chi connectivity index (χ1n) is 6.76. The standard InChI is InChI=1S/C14H19N3O3/c1-9-5-6-15-12(7-9)14(18)16-11-4-3-10(2)13(8-11)17(19)20/h3-4,8-9,12,15H,5-7H2,1-2H3,(H,16,18). The van der Waals surface area contributed by atoms with Crippen LogP contribution >= 0.6 is 0 Å². The van der Waals surface area contributed by atoms with Crippen LogP contribution in [0.3, 0.4) is 0 Å². The van der Waals surface area contributed by atoms with Gasteiger partial charge in [0.1, 0.15) is 0 Å². The van der Waals surface area contributed by atoms with Crippen LogP contribution in [-0.2, 0) is 4.79 Å². The van der Waals surface area contributed by atoms with E-state index in [1.165, 1.54) is 6.07 Å². The van der Waals surface area contributed by atoms with Crippen molar-refractivity contribution in [2.24, 2.45) is 5.92 Å². The first-order valence-corrected chi connectivity index (χ1v) is 6.76. The van der Waals surface area contributed by atoms with Crippen LogP contribution in [-0.4, -0.2) is 23.4 Å². The molecule has 1 aliphatic rings. The van der Waals surface area contributed by atoms with Gasteiger partial charge in [-0.2, -0.15) is 0 Å². The van der Waals surface area contributed by atoms with E-state index < -0.39 is 4.92 Å². The van der Waals surface area contributed by atoms with E-state index in [2.05, 4.69) is 17.6 Å². The highest BCUT2D eigenvalue weighted by molar-refractivity contribution is 5.95. The number of anilines is 1. The maximum absolute atomic E-state index is 12.1. The number of carbonyl (C=O) groups excluding carboxylic acids is 1. The molecule has 1 aromatic carbocycles. The quantitative estimate of drug-likeness (QED) is 0.655. The van der Waals surface area contributed by atoms with E-state index in [4.69, 9.17) is 0 Å². The van der Waals surface area contributed by atoms with Gasteiger partial charge in [0.25, 0.3) is 5.69 Å². The van der Waals surface area contributed by atoms with E-state index >= 15 is 0 Å². The summed E-state index contributed by atoms with van der Waals surface area (Å²) in [6.07, 6.45) is 1.86. The predicted octanol–water partition coefficient (Wildman–Crippen LogP) is 2.23. The van der Waals surface area contributed by atoms with E-state index in [0.29, 0.717) is 17.2 Å². The first kappa shape index (κ1) is 14.5. The summed E-state index contributed by atoms with van der Waals surface area (Å²) in [5, 5.41) is 16.8. The summed E-state index contributed by atoms with van der Waals surface area (Å²) in [7, 11) is 0. The molecule has 2 N–H and O–H groups in total. The minimum atomic E-state index is -0.439. The summed E-state index contributed by atoms with van der Waals surface area (Å²) < 4.78 is 0. The van der Waals surface area contributed by atoms with E-state index in [1.54, 1.807) is 19.1 Å². The largest absolute Gasteiger partial charge is 0.324 e. The number of hydrogen-bond donors (Lipinski definition) is 2. The molecule has 2 atom stereocenters. The van der Waals surface area contributed by atoms with Crippen LogP contribution in [0.4, 0.5) is 11.4 Å². The molecule has 1 aliphatic heterocycles. The molecule has 0 bridgehead atoms. The molecule has 20 heavy (non-hydrogen) atoms. The van der Waals surface area contributed by atoms with Crippen molar-refractivity contribution < 1.29 is 9.72 Å². The molecule has 108 valence electrons.